The van der Waals surface area contributed by atoms with Crippen LogP contribution in [0.5, 0.6) is 0 Å². The molecule has 1 aliphatic carbocycles. The first kappa shape index (κ1) is 27.7. The minimum atomic E-state index is -0.618. The summed E-state index contributed by atoms with van der Waals surface area (Å²) in [5, 5.41) is 4.71. The summed E-state index contributed by atoms with van der Waals surface area (Å²) in [5.41, 5.74) is 0.436. The third kappa shape index (κ3) is 8.65. The molecule has 2 fully saturated rings. The summed E-state index contributed by atoms with van der Waals surface area (Å²) < 4.78 is 5.53. The normalized spacial score (nSPS) is 19.8. The second kappa shape index (κ2) is 12.9. The van der Waals surface area contributed by atoms with E-state index in [-0.39, 0.29) is 11.9 Å². The van der Waals surface area contributed by atoms with Gasteiger partial charge in [0.15, 0.2) is 0 Å². The highest BCUT2D eigenvalue weighted by atomic mass is 32.2. The number of rotatable bonds is 8. The van der Waals surface area contributed by atoms with Gasteiger partial charge in [0.2, 0.25) is 5.91 Å². The molecule has 0 spiro atoms. The molecule has 1 saturated carbocycles. The lowest BCUT2D eigenvalue weighted by molar-refractivity contribution is -0.125. The monoisotopic (exact) mass is 520 g/mol. The second-order valence-corrected chi connectivity index (χ2v) is 12.0. The van der Waals surface area contributed by atoms with Crippen molar-refractivity contribution in [2.45, 2.75) is 89.9 Å². The van der Waals surface area contributed by atoms with Gasteiger partial charge in [-0.2, -0.15) is 0 Å². The molecule has 2 amide bonds. The van der Waals surface area contributed by atoms with Crippen LogP contribution in [0.4, 0.5) is 4.79 Å². The fourth-order valence-corrected chi connectivity index (χ4v) is 6.01. The van der Waals surface area contributed by atoms with Crippen LogP contribution in [0.25, 0.3) is 0 Å². The molecule has 0 radical (unpaired) electrons. The van der Waals surface area contributed by atoms with Gasteiger partial charge in [-0.15, -0.1) is 11.8 Å². The van der Waals surface area contributed by atoms with Crippen LogP contribution < -0.4 is 11.2 Å². The molecule has 1 aliphatic heterocycles. The van der Waals surface area contributed by atoms with Crippen LogP contribution in [0.15, 0.2) is 30.3 Å². The molecule has 194 valence electrons. The van der Waals surface area contributed by atoms with Crippen LogP contribution in [-0.4, -0.2) is 56.2 Å². The zero-order valence-electron chi connectivity index (χ0n) is 21.2. The number of hydrogen-bond acceptors (Lipinski definition) is 6. The SMILES string of the molecule is CC(C)(C)OC(=O)N1CSC[C@H]1C(=O)N[C@H](CCC1CCCCC1)C(=S)N(N)Cc1ccccc1. The third-order valence-electron chi connectivity index (χ3n) is 6.49. The molecule has 0 bridgehead atoms. The molecular formula is C26H40N4O3S2. The first-order valence-corrected chi connectivity index (χ1v) is 14.2. The van der Waals surface area contributed by atoms with E-state index in [2.05, 4.69) is 5.32 Å². The lowest BCUT2D eigenvalue weighted by Crippen LogP contribution is -2.55. The van der Waals surface area contributed by atoms with Gasteiger partial charge in [0.1, 0.15) is 16.6 Å². The predicted octanol–water partition coefficient (Wildman–Crippen LogP) is 4.85. The Kier molecular flexibility index (Phi) is 10.2. The number of benzene rings is 1. The Morgan fingerprint density at radius 1 is 1.23 bits per heavy atom. The van der Waals surface area contributed by atoms with Crippen LogP contribution in [-0.2, 0) is 16.1 Å². The van der Waals surface area contributed by atoms with Crippen molar-refractivity contribution in [3.05, 3.63) is 35.9 Å². The number of carbonyl (C=O) groups is 2. The smallest absolute Gasteiger partial charge is 0.411 e. The summed E-state index contributed by atoms with van der Waals surface area (Å²) in [4.78, 5) is 28.1. The molecule has 2 aliphatic rings. The minimum absolute atomic E-state index is 0.204. The Hall–Kier alpha value is -1.84. The Bertz CT molecular complexity index is 856. The van der Waals surface area contributed by atoms with Gasteiger partial charge in [0, 0.05) is 5.75 Å². The predicted molar refractivity (Wildman–Crippen MR) is 146 cm³/mol. The zero-order chi connectivity index (χ0) is 25.4. The van der Waals surface area contributed by atoms with Crippen molar-refractivity contribution in [3.63, 3.8) is 0 Å². The summed E-state index contributed by atoms with van der Waals surface area (Å²) in [6.45, 7) is 5.95. The van der Waals surface area contributed by atoms with Gasteiger partial charge in [0.05, 0.1) is 18.5 Å². The van der Waals surface area contributed by atoms with Crippen molar-refractivity contribution in [2.24, 2.45) is 11.8 Å². The Labute approximate surface area is 219 Å². The average molecular weight is 521 g/mol. The second-order valence-electron chi connectivity index (χ2n) is 10.6. The Morgan fingerprint density at radius 2 is 1.91 bits per heavy atom. The fraction of sp³-hybridized carbons (Fsp3) is 0.654. The molecule has 1 heterocycles. The fourth-order valence-electron chi connectivity index (χ4n) is 4.62. The number of hydrazine groups is 1. The first-order chi connectivity index (χ1) is 16.6. The zero-order valence-corrected chi connectivity index (χ0v) is 22.8. The van der Waals surface area contributed by atoms with Crippen molar-refractivity contribution in [2.75, 3.05) is 11.6 Å². The molecule has 3 N–H and O–H groups in total. The molecule has 3 rings (SSSR count). The maximum Gasteiger partial charge on any atom is 0.411 e. The van der Waals surface area contributed by atoms with Crippen molar-refractivity contribution < 1.29 is 14.3 Å². The number of nitrogens with one attached hydrogen (secondary N) is 1. The molecule has 35 heavy (non-hydrogen) atoms. The van der Waals surface area contributed by atoms with E-state index in [1.165, 1.54) is 37.0 Å². The largest absolute Gasteiger partial charge is 0.444 e. The standard InChI is InChI=1S/C26H40N4O3S2/c1-26(2,3)33-25(32)29-18-35-17-22(29)23(31)28-21(15-14-19-10-6-4-7-11-19)24(34)30(27)16-20-12-8-5-9-13-20/h5,8-9,12-13,19,21-22H,4,6-7,10-11,14-18,27H2,1-3H3,(H,28,31)/t21-,22+/m1/s1. The van der Waals surface area contributed by atoms with Gasteiger partial charge in [-0.1, -0.05) is 74.7 Å². The van der Waals surface area contributed by atoms with E-state index in [0.29, 0.717) is 29.1 Å². The molecule has 1 aromatic rings. The van der Waals surface area contributed by atoms with Crippen LogP contribution in [0, 0.1) is 5.92 Å². The highest BCUT2D eigenvalue weighted by Gasteiger charge is 2.38. The van der Waals surface area contributed by atoms with Crippen LogP contribution in [0.2, 0.25) is 0 Å². The lowest BCUT2D eigenvalue weighted by atomic mass is 9.85. The van der Waals surface area contributed by atoms with E-state index < -0.39 is 17.7 Å². The number of amides is 2. The summed E-state index contributed by atoms with van der Waals surface area (Å²) >= 11 is 7.33. The highest BCUT2D eigenvalue weighted by molar-refractivity contribution is 7.99. The van der Waals surface area contributed by atoms with Gasteiger partial charge in [0.25, 0.3) is 0 Å². The molecule has 9 heteroatoms. The topological polar surface area (TPSA) is 87.9 Å². The molecule has 1 aromatic carbocycles. The first-order valence-electron chi connectivity index (χ1n) is 12.6. The maximum absolute atomic E-state index is 13.4. The van der Waals surface area contributed by atoms with Crippen molar-refractivity contribution in [1.82, 2.24) is 15.2 Å². The number of carbonyl (C=O) groups excluding carboxylic acids is 2. The van der Waals surface area contributed by atoms with Crippen molar-refractivity contribution >= 4 is 41.0 Å². The summed E-state index contributed by atoms with van der Waals surface area (Å²) in [6, 6.07) is 8.97. The number of nitrogens with two attached hydrogens (primary N) is 1. The average Bonchev–Trinajstić information content (AvgIpc) is 3.32. The molecule has 0 aromatic heterocycles. The van der Waals surface area contributed by atoms with E-state index in [0.717, 1.165) is 18.4 Å². The van der Waals surface area contributed by atoms with E-state index in [1.54, 1.807) is 16.8 Å². The molecule has 2 atom stereocenters. The molecule has 0 unspecified atom stereocenters. The van der Waals surface area contributed by atoms with E-state index in [4.69, 9.17) is 22.8 Å². The van der Waals surface area contributed by atoms with E-state index >= 15 is 0 Å². The molecular weight excluding hydrogens is 480 g/mol. The lowest BCUT2D eigenvalue weighted by Gasteiger charge is -2.31. The van der Waals surface area contributed by atoms with Gasteiger partial charge in [-0.3, -0.25) is 14.7 Å². The summed E-state index contributed by atoms with van der Waals surface area (Å²) in [7, 11) is 0. The van der Waals surface area contributed by atoms with Crippen LogP contribution in [0.3, 0.4) is 0 Å². The van der Waals surface area contributed by atoms with Crippen molar-refractivity contribution in [1.29, 1.82) is 0 Å². The van der Waals surface area contributed by atoms with Gasteiger partial charge < -0.3 is 10.1 Å². The quantitative estimate of drug-likeness (QED) is 0.288. The number of thiocarbonyl (C=S) groups is 1. The van der Waals surface area contributed by atoms with Crippen molar-refractivity contribution in [3.8, 4) is 0 Å². The van der Waals surface area contributed by atoms with Gasteiger partial charge in [-0.05, 0) is 45.1 Å². The third-order valence-corrected chi connectivity index (χ3v) is 8.03. The van der Waals surface area contributed by atoms with E-state index in [1.807, 2.05) is 51.1 Å². The number of hydrogen-bond donors (Lipinski definition) is 2. The summed E-state index contributed by atoms with van der Waals surface area (Å²) in [6.07, 6.45) is 7.59. The molecule has 1 saturated heterocycles. The maximum atomic E-state index is 13.4. The minimum Gasteiger partial charge on any atom is -0.444 e. The van der Waals surface area contributed by atoms with Crippen LogP contribution >= 0.6 is 24.0 Å². The number of nitrogens with zero attached hydrogens (tertiary/aromatic N) is 2. The molecule has 7 nitrogen and oxygen atoms in total. The van der Waals surface area contributed by atoms with Gasteiger partial charge in [-0.25, -0.2) is 10.6 Å². The number of ether oxygens (including phenoxy) is 1. The highest BCUT2D eigenvalue weighted by Crippen LogP contribution is 2.28. The Morgan fingerprint density at radius 3 is 2.57 bits per heavy atom. The number of thioether (sulfide) groups is 1. The Balaban J connectivity index is 1.67. The van der Waals surface area contributed by atoms with Crippen LogP contribution in [0.1, 0.15) is 71.3 Å². The van der Waals surface area contributed by atoms with Gasteiger partial charge >= 0.3 is 6.09 Å². The summed E-state index contributed by atoms with van der Waals surface area (Å²) in [5.74, 6) is 7.80. The van der Waals surface area contributed by atoms with E-state index in [9.17, 15) is 9.59 Å².